The lowest BCUT2D eigenvalue weighted by Crippen LogP contribution is -2.01. The number of aryl methyl sites for hydroxylation is 1. The van der Waals surface area contributed by atoms with Gasteiger partial charge in [-0.15, -0.1) is 11.3 Å². The highest BCUT2D eigenvalue weighted by Crippen LogP contribution is 2.43. The summed E-state index contributed by atoms with van der Waals surface area (Å²) in [6.45, 7) is 0. The molecule has 0 bridgehead atoms. The fourth-order valence-electron chi connectivity index (χ4n) is 9.91. The molecule has 0 atom stereocenters. The van der Waals surface area contributed by atoms with Gasteiger partial charge in [-0.05, 0) is 123 Å². The molecule has 0 unspecified atom stereocenters. The molecule has 4 heterocycles. The third kappa shape index (κ3) is 4.39. The van der Waals surface area contributed by atoms with E-state index in [0.717, 1.165) is 29.7 Å². The first-order valence-electron chi connectivity index (χ1n) is 19.8. The number of nitrogens with zero attached hydrogens (tertiary/aromatic N) is 3. The largest absolute Gasteiger partial charge is 0.310 e. The third-order valence-electron chi connectivity index (χ3n) is 12.4. The first-order valence-corrected chi connectivity index (χ1v) is 20.6. The lowest BCUT2D eigenvalue weighted by Gasteiger charge is -2.13. The van der Waals surface area contributed by atoms with Crippen LogP contribution in [0.5, 0.6) is 0 Å². The second kappa shape index (κ2) is 11.8. The van der Waals surface area contributed by atoms with Gasteiger partial charge in [-0.2, -0.15) is 0 Å². The first kappa shape index (κ1) is 31.2. The van der Waals surface area contributed by atoms with Crippen LogP contribution >= 0.6 is 11.3 Å². The molecule has 4 heteroatoms. The molecule has 0 saturated heterocycles. The summed E-state index contributed by atoms with van der Waals surface area (Å²) in [6, 6.07) is 58.4. The maximum absolute atomic E-state index is 5.14. The minimum atomic E-state index is 0.977. The van der Waals surface area contributed by atoms with Crippen LogP contribution in [0.3, 0.4) is 0 Å². The Bertz CT molecular complexity index is 3670. The quantitative estimate of drug-likeness (QED) is 0.165. The summed E-state index contributed by atoms with van der Waals surface area (Å²) in [5.74, 6) is 0.977. The molecule has 1 aliphatic rings. The van der Waals surface area contributed by atoms with E-state index in [9.17, 15) is 0 Å². The van der Waals surface area contributed by atoms with Crippen LogP contribution in [-0.4, -0.2) is 14.1 Å². The fourth-order valence-corrected chi connectivity index (χ4v) is 11.1. The van der Waals surface area contributed by atoms with Gasteiger partial charge < -0.3 is 4.57 Å². The Labute approximate surface area is 332 Å². The highest BCUT2D eigenvalue weighted by atomic mass is 32.1. The SMILES string of the molecule is C1=Cc2c(c3ccccc3n2-c2ccc3c(c2)c2ccccc2n3-c2nccc3c2sc2ccc(-c4ccc5c6ccccc6c6ccccc6c5c4)cc23)CC1. The van der Waals surface area contributed by atoms with E-state index in [2.05, 4.69) is 179 Å². The average Bonchev–Trinajstić information content (AvgIpc) is 3.94. The van der Waals surface area contributed by atoms with Crippen LogP contribution in [0.4, 0.5) is 0 Å². The lowest BCUT2D eigenvalue weighted by molar-refractivity contribution is 0.968. The van der Waals surface area contributed by atoms with Crippen LogP contribution in [0.2, 0.25) is 0 Å². The fraction of sp³-hybridized carbons (Fsp3) is 0.0377. The van der Waals surface area contributed by atoms with Gasteiger partial charge in [-0.3, -0.25) is 4.57 Å². The lowest BCUT2D eigenvalue weighted by atomic mass is 9.92. The number of aromatic nitrogens is 3. The number of rotatable bonds is 3. The zero-order valence-corrected chi connectivity index (χ0v) is 31.7. The van der Waals surface area contributed by atoms with Gasteiger partial charge in [0, 0.05) is 49.2 Å². The summed E-state index contributed by atoms with van der Waals surface area (Å²) < 4.78 is 7.30. The predicted octanol–water partition coefficient (Wildman–Crippen LogP) is 14.6. The first-order chi connectivity index (χ1) is 28.3. The van der Waals surface area contributed by atoms with Gasteiger partial charge in [0.25, 0.3) is 0 Å². The van der Waals surface area contributed by atoms with E-state index in [0.29, 0.717) is 0 Å². The van der Waals surface area contributed by atoms with Crippen molar-refractivity contribution >= 4 is 103 Å². The number of fused-ring (bicyclic) bond motifs is 15. The van der Waals surface area contributed by atoms with E-state index in [4.69, 9.17) is 4.98 Å². The summed E-state index contributed by atoms with van der Waals surface area (Å²) in [5.41, 5.74) is 9.97. The number of para-hydroxylation sites is 2. The Morgan fingerprint density at radius 1 is 0.456 bits per heavy atom. The number of allylic oxidation sites excluding steroid dienone is 1. The molecule has 0 fully saturated rings. The third-order valence-corrected chi connectivity index (χ3v) is 13.6. The van der Waals surface area contributed by atoms with Gasteiger partial charge in [0.15, 0.2) is 5.82 Å². The maximum atomic E-state index is 5.14. The van der Waals surface area contributed by atoms with Crippen molar-refractivity contribution in [3.8, 4) is 22.6 Å². The standard InChI is InChI=1S/C53H33N3S/c1-2-13-37-35(11-1)36-12-3-4-14-38(36)44-29-32(21-24-39(37)44)33-22-26-51-46(30-33)43-27-28-54-53(52(43)57-51)56-49-20-10-7-17-42(49)45-31-34(23-25-50(45)56)55-47-18-8-5-15-40(47)41-16-6-9-19-48(41)55/h1-5,7-15,17-31H,6,16H2. The van der Waals surface area contributed by atoms with Crippen LogP contribution in [0.1, 0.15) is 17.7 Å². The number of pyridine rings is 1. The molecular formula is C53H33N3S. The second-order valence-corrected chi connectivity index (χ2v) is 16.4. The maximum Gasteiger partial charge on any atom is 0.155 e. The minimum absolute atomic E-state index is 0.977. The van der Waals surface area contributed by atoms with Crippen molar-refractivity contribution < 1.29 is 0 Å². The molecule has 266 valence electrons. The Kier molecular flexibility index (Phi) is 6.44. The van der Waals surface area contributed by atoms with Crippen LogP contribution in [0.15, 0.2) is 170 Å². The van der Waals surface area contributed by atoms with Gasteiger partial charge in [0.05, 0.1) is 21.3 Å². The van der Waals surface area contributed by atoms with Crippen molar-refractivity contribution in [2.45, 2.75) is 12.8 Å². The summed E-state index contributed by atoms with van der Waals surface area (Å²) in [4.78, 5) is 5.14. The van der Waals surface area contributed by atoms with E-state index in [1.807, 2.05) is 17.5 Å². The zero-order valence-electron chi connectivity index (χ0n) is 30.9. The molecule has 0 saturated carbocycles. The Balaban J connectivity index is 0.990. The molecule has 8 aromatic carbocycles. The normalized spacial score (nSPS) is 13.1. The molecule has 0 spiro atoms. The molecule has 0 radical (unpaired) electrons. The van der Waals surface area contributed by atoms with E-state index in [1.165, 1.54) is 102 Å². The summed E-state index contributed by atoms with van der Waals surface area (Å²) in [6.07, 6.45) is 8.78. The van der Waals surface area contributed by atoms with Crippen LogP contribution in [-0.2, 0) is 6.42 Å². The van der Waals surface area contributed by atoms with Crippen molar-refractivity contribution in [1.29, 1.82) is 0 Å². The van der Waals surface area contributed by atoms with Crippen molar-refractivity contribution in [3.63, 3.8) is 0 Å². The Morgan fingerprint density at radius 2 is 1.07 bits per heavy atom. The van der Waals surface area contributed by atoms with Crippen LogP contribution < -0.4 is 0 Å². The predicted molar refractivity (Wildman–Crippen MR) is 244 cm³/mol. The number of benzene rings is 8. The topological polar surface area (TPSA) is 22.8 Å². The van der Waals surface area contributed by atoms with E-state index >= 15 is 0 Å². The Hall–Kier alpha value is -7.01. The number of thiophene rings is 1. The van der Waals surface area contributed by atoms with Gasteiger partial charge in [-0.25, -0.2) is 4.98 Å². The van der Waals surface area contributed by atoms with Crippen LogP contribution in [0, 0.1) is 0 Å². The molecule has 12 aromatic rings. The van der Waals surface area contributed by atoms with Crippen molar-refractivity contribution in [1.82, 2.24) is 14.1 Å². The number of hydrogen-bond donors (Lipinski definition) is 0. The van der Waals surface area contributed by atoms with Crippen molar-refractivity contribution in [2.75, 3.05) is 0 Å². The van der Waals surface area contributed by atoms with Gasteiger partial charge in [0.1, 0.15) is 0 Å². The second-order valence-electron chi connectivity index (χ2n) is 15.4. The molecule has 1 aliphatic carbocycles. The highest BCUT2D eigenvalue weighted by molar-refractivity contribution is 7.26. The van der Waals surface area contributed by atoms with Crippen molar-refractivity contribution in [2.24, 2.45) is 0 Å². The van der Waals surface area contributed by atoms with E-state index in [-0.39, 0.29) is 0 Å². The van der Waals surface area contributed by atoms with E-state index < -0.39 is 0 Å². The summed E-state index contributed by atoms with van der Waals surface area (Å²) in [5, 5.41) is 14.1. The molecule has 13 rings (SSSR count). The monoisotopic (exact) mass is 743 g/mol. The van der Waals surface area contributed by atoms with Crippen molar-refractivity contribution in [3.05, 3.63) is 181 Å². The number of hydrogen-bond acceptors (Lipinski definition) is 2. The average molecular weight is 744 g/mol. The molecule has 57 heavy (non-hydrogen) atoms. The molecule has 3 nitrogen and oxygen atoms in total. The molecule has 4 aromatic heterocycles. The van der Waals surface area contributed by atoms with Crippen LogP contribution in [0.25, 0.3) is 114 Å². The van der Waals surface area contributed by atoms with Gasteiger partial charge in [-0.1, -0.05) is 109 Å². The Morgan fingerprint density at radius 3 is 1.84 bits per heavy atom. The molecule has 0 aliphatic heterocycles. The molecule has 0 amide bonds. The molecule has 0 N–H and O–H groups in total. The van der Waals surface area contributed by atoms with E-state index in [1.54, 1.807) is 0 Å². The van der Waals surface area contributed by atoms with Gasteiger partial charge in [0.2, 0.25) is 0 Å². The smallest absolute Gasteiger partial charge is 0.155 e. The summed E-state index contributed by atoms with van der Waals surface area (Å²) in [7, 11) is 0. The molecular weight excluding hydrogens is 711 g/mol. The van der Waals surface area contributed by atoms with Gasteiger partial charge >= 0.3 is 0 Å². The zero-order chi connectivity index (χ0) is 37.2. The minimum Gasteiger partial charge on any atom is -0.310 e. The summed E-state index contributed by atoms with van der Waals surface area (Å²) >= 11 is 1.84. The highest BCUT2D eigenvalue weighted by Gasteiger charge is 2.22.